The number of piperidine rings is 1. The minimum atomic E-state index is -0.749. The monoisotopic (exact) mass is 430 g/mol. The van der Waals surface area contributed by atoms with Crippen molar-refractivity contribution in [3.63, 3.8) is 0 Å². The molecule has 6 nitrogen and oxygen atoms in total. The van der Waals surface area contributed by atoms with E-state index < -0.39 is 11.6 Å². The van der Waals surface area contributed by atoms with Gasteiger partial charge in [-0.25, -0.2) is 0 Å². The zero-order valence-electron chi connectivity index (χ0n) is 18.6. The molecular weight excluding hydrogens is 400 g/mol. The van der Waals surface area contributed by atoms with Crippen LogP contribution in [0, 0.1) is 11.3 Å². The number of hydrogen-bond donors (Lipinski definition) is 1. The zero-order valence-corrected chi connectivity index (χ0v) is 18.6. The molecule has 1 unspecified atom stereocenters. The van der Waals surface area contributed by atoms with Gasteiger partial charge in [-0.15, -0.1) is 0 Å². The molecule has 2 aliphatic heterocycles. The Hall–Kier alpha value is -3.17. The predicted molar refractivity (Wildman–Crippen MR) is 122 cm³/mol. The van der Waals surface area contributed by atoms with E-state index in [2.05, 4.69) is 23.2 Å². The van der Waals surface area contributed by atoms with E-state index >= 15 is 0 Å². The van der Waals surface area contributed by atoms with Crippen molar-refractivity contribution in [2.24, 2.45) is 0 Å². The van der Waals surface area contributed by atoms with Crippen LogP contribution in [-0.2, 0) is 22.6 Å². The highest BCUT2D eigenvalue weighted by Crippen LogP contribution is 2.34. The van der Waals surface area contributed by atoms with Crippen LogP contribution in [0.3, 0.4) is 0 Å². The standard InChI is InChI=1S/C26H30N4O2/c1-2-14-30-24(31)23(17-20-6-4-3-5-7-20)28-25(32)26(30)12-15-29(16-13-26)19-22-10-8-21(18-27)9-11-22/h3-11,23H,2,12-17,19H2,1H3,(H,28,32). The Morgan fingerprint density at radius 1 is 1.03 bits per heavy atom. The van der Waals surface area contributed by atoms with E-state index in [1.165, 1.54) is 0 Å². The number of amides is 2. The molecule has 0 aliphatic carbocycles. The van der Waals surface area contributed by atoms with E-state index in [-0.39, 0.29) is 11.8 Å². The van der Waals surface area contributed by atoms with Gasteiger partial charge in [-0.1, -0.05) is 49.4 Å². The summed E-state index contributed by atoms with van der Waals surface area (Å²) in [6.07, 6.45) is 2.62. The molecule has 1 spiro atoms. The van der Waals surface area contributed by atoms with Gasteiger partial charge in [0.15, 0.2) is 0 Å². The first-order chi connectivity index (χ1) is 15.6. The minimum Gasteiger partial charge on any atom is -0.342 e. The molecule has 2 aromatic rings. The maximum atomic E-state index is 13.4. The van der Waals surface area contributed by atoms with Crippen LogP contribution in [0.25, 0.3) is 0 Å². The fraction of sp³-hybridized carbons (Fsp3) is 0.423. The molecule has 0 radical (unpaired) electrons. The second-order valence-corrected chi connectivity index (χ2v) is 8.82. The van der Waals surface area contributed by atoms with Gasteiger partial charge in [0, 0.05) is 32.6 Å². The van der Waals surface area contributed by atoms with Gasteiger partial charge in [-0.3, -0.25) is 14.5 Å². The number of nitriles is 1. The van der Waals surface area contributed by atoms with Crippen molar-refractivity contribution in [1.82, 2.24) is 15.1 Å². The van der Waals surface area contributed by atoms with Crippen LogP contribution in [-0.4, -0.2) is 52.8 Å². The van der Waals surface area contributed by atoms with Gasteiger partial charge >= 0.3 is 0 Å². The number of piperazine rings is 1. The molecule has 1 atom stereocenters. The van der Waals surface area contributed by atoms with Crippen LogP contribution in [0.5, 0.6) is 0 Å². The summed E-state index contributed by atoms with van der Waals surface area (Å²) in [6.45, 7) is 4.95. The molecule has 2 aromatic carbocycles. The summed E-state index contributed by atoms with van der Waals surface area (Å²) in [4.78, 5) is 31.0. The average molecular weight is 431 g/mol. The normalized spacial score (nSPS) is 20.8. The van der Waals surface area contributed by atoms with Crippen LogP contribution in [0.2, 0.25) is 0 Å². The lowest BCUT2D eigenvalue weighted by molar-refractivity contribution is -0.161. The maximum Gasteiger partial charge on any atom is 0.246 e. The minimum absolute atomic E-state index is 0.00972. The maximum absolute atomic E-state index is 13.4. The van der Waals surface area contributed by atoms with Gasteiger partial charge in [0.05, 0.1) is 11.6 Å². The van der Waals surface area contributed by atoms with Crippen molar-refractivity contribution < 1.29 is 9.59 Å². The largest absolute Gasteiger partial charge is 0.342 e. The second-order valence-electron chi connectivity index (χ2n) is 8.82. The van der Waals surface area contributed by atoms with E-state index in [0.29, 0.717) is 31.4 Å². The summed E-state index contributed by atoms with van der Waals surface area (Å²) in [5, 5.41) is 12.0. The highest BCUT2D eigenvalue weighted by molar-refractivity contribution is 6.00. The van der Waals surface area contributed by atoms with Crippen molar-refractivity contribution in [2.75, 3.05) is 19.6 Å². The zero-order chi connectivity index (χ0) is 22.6. The molecule has 32 heavy (non-hydrogen) atoms. The number of hydrogen-bond acceptors (Lipinski definition) is 4. The number of carbonyl (C=O) groups is 2. The molecule has 2 fully saturated rings. The summed E-state index contributed by atoms with van der Waals surface area (Å²) in [5.74, 6) is 0.0281. The fourth-order valence-corrected chi connectivity index (χ4v) is 4.93. The van der Waals surface area contributed by atoms with E-state index in [0.717, 1.165) is 37.2 Å². The summed E-state index contributed by atoms with van der Waals surface area (Å²) >= 11 is 0. The summed E-state index contributed by atoms with van der Waals surface area (Å²) < 4.78 is 0. The van der Waals surface area contributed by atoms with Gasteiger partial charge in [0.2, 0.25) is 11.8 Å². The van der Waals surface area contributed by atoms with Gasteiger partial charge in [-0.05, 0) is 42.5 Å². The Labute approximate surface area is 189 Å². The Morgan fingerprint density at radius 2 is 1.72 bits per heavy atom. The summed E-state index contributed by atoms with van der Waals surface area (Å²) in [5.41, 5.74) is 2.11. The number of nitrogens with one attached hydrogen (secondary N) is 1. The summed E-state index contributed by atoms with van der Waals surface area (Å²) in [7, 11) is 0. The third-order valence-electron chi connectivity index (χ3n) is 6.71. The number of rotatable bonds is 6. The molecule has 2 saturated heterocycles. The molecule has 2 aliphatic rings. The van der Waals surface area contributed by atoms with Crippen molar-refractivity contribution in [3.8, 4) is 6.07 Å². The molecule has 2 amide bonds. The van der Waals surface area contributed by atoms with Crippen LogP contribution in [0.15, 0.2) is 54.6 Å². The van der Waals surface area contributed by atoms with Gasteiger partial charge in [0.25, 0.3) is 0 Å². The lowest BCUT2D eigenvalue weighted by atomic mass is 9.81. The fourth-order valence-electron chi connectivity index (χ4n) is 4.93. The van der Waals surface area contributed by atoms with Crippen LogP contribution < -0.4 is 5.32 Å². The quantitative estimate of drug-likeness (QED) is 0.765. The Bertz CT molecular complexity index is 989. The third-order valence-corrected chi connectivity index (χ3v) is 6.71. The van der Waals surface area contributed by atoms with E-state index in [4.69, 9.17) is 5.26 Å². The molecule has 4 rings (SSSR count). The second kappa shape index (κ2) is 9.54. The molecular formula is C26H30N4O2. The first-order valence-electron chi connectivity index (χ1n) is 11.4. The molecule has 0 bridgehead atoms. The highest BCUT2D eigenvalue weighted by Gasteiger charge is 2.53. The first kappa shape index (κ1) is 22.0. The number of benzene rings is 2. The van der Waals surface area contributed by atoms with Crippen molar-refractivity contribution >= 4 is 11.8 Å². The van der Waals surface area contributed by atoms with Crippen molar-refractivity contribution in [1.29, 1.82) is 5.26 Å². The molecule has 2 heterocycles. The van der Waals surface area contributed by atoms with E-state index in [1.54, 1.807) is 0 Å². The highest BCUT2D eigenvalue weighted by atomic mass is 16.2. The molecule has 6 heteroatoms. The number of carbonyl (C=O) groups excluding carboxylic acids is 2. The summed E-state index contributed by atoms with van der Waals surface area (Å²) in [6, 6.07) is 19.1. The van der Waals surface area contributed by atoms with Gasteiger partial charge < -0.3 is 10.2 Å². The van der Waals surface area contributed by atoms with Crippen LogP contribution in [0.4, 0.5) is 0 Å². The predicted octanol–water partition coefficient (Wildman–Crippen LogP) is 2.87. The smallest absolute Gasteiger partial charge is 0.246 e. The lowest BCUT2D eigenvalue weighted by Crippen LogP contribution is -2.73. The van der Waals surface area contributed by atoms with Crippen molar-refractivity contribution in [3.05, 3.63) is 71.3 Å². The average Bonchev–Trinajstić information content (AvgIpc) is 2.83. The number of nitrogens with zero attached hydrogens (tertiary/aromatic N) is 3. The van der Waals surface area contributed by atoms with Gasteiger partial charge in [0.1, 0.15) is 11.6 Å². The first-order valence-corrected chi connectivity index (χ1v) is 11.4. The lowest BCUT2D eigenvalue weighted by Gasteiger charge is -2.51. The molecule has 0 aromatic heterocycles. The topological polar surface area (TPSA) is 76.4 Å². The molecule has 166 valence electrons. The van der Waals surface area contributed by atoms with Gasteiger partial charge in [-0.2, -0.15) is 5.26 Å². The van der Waals surface area contributed by atoms with Crippen LogP contribution >= 0.6 is 0 Å². The Morgan fingerprint density at radius 3 is 2.34 bits per heavy atom. The van der Waals surface area contributed by atoms with E-state index in [9.17, 15) is 9.59 Å². The van der Waals surface area contributed by atoms with Crippen molar-refractivity contribution in [2.45, 2.75) is 50.7 Å². The van der Waals surface area contributed by atoms with Crippen LogP contribution in [0.1, 0.15) is 42.9 Å². The third kappa shape index (κ3) is 4.39. The van der Waals surface area contributed by atoms with E-state index in [1.807, 2.05) is 59.5 Å². The Balaban J connectivity index is 1.45. The Kier molecular flexibility index (Phi) is 6.57. The molecule has 0 saturated carbocycles. The molecule has 1 N–H and O–H groups in total. The SMILES string of the molecule is CCCN1C(=O)C(Cc2ccccc2)NC(=O)C12CCN(Cc1ccc(C#N)cc1)CC2. The number of likely N-dealkylation sites (tertiary alicyclic amines) is 1.